The first-order chi connectivity index (χ1) is 23.8. The molecule has 2 saturated heterocycles. The summed E-state index contributed by atoms with van der Waals surface area (Å²) in [6, 6.07) is 16.8. The first-order valence-electron chi connectivity index (χ1n) is 16.5. The largest absolute Gasteiger partial charge is 0.488 e. The van der Waals surface area contributed by atoms with Crippen LogP contribution >= 0.6 is 11.6 Å². The lowest BCUT2D eigenvalue weighted by molar-refractivity contribution is -0.124. The van der Waals surface area contributed by atoms with E-state index in [1.165, 1.54) is 35.3 Å². The molecule has 3 aromatic carbocycles. The zero-order chi connectivity index (χ0) is 33.9. The van der Waals surface area contributed by atoms with Gasteiger partial charge in [0, 0.05) is 75.9 Å². The number of fused-ring (bicyclic) bond motifs is 7. The van der Waals surface area contributed by atoms with Crippen LogP contribution in [0.3, 0.4) is 0 Å². The average molecular weight is 685 g/mol. The predicted octanol–water partition coefficient (Wildman–Crippen LogP) is 3.74. The van der Waals surface area contributed by atoms with Crippen molar-refractivity contribution in [3.63, 3.8) is 0 Å². The molecule has 0 saturated carbocycles. The van der Waals surface area contributed by atoms with Crippen LogP contribution in [0, 0.1) is 5.82 Å². The maximum absolute atomic E-state index is 14.0. The summed E-state index contributed by atoms with van der Waals surface area (Å²) < 4.78 is 21.6. The van der Waals surface area contributed by atoms with Gasteiger partial charge < -0.3 is 20.7 Å². The molecular weight excluding hydrogens is 647 g/mol. The molecule has 1 aromatic heterocycles. The highest BCUT2D eigenvalue weighted by molar-refractivity contribution is 6.32. The third-order valence-electron chi connectivity index (χ3n) is 9.36. The van der Waals surface area contributed by atoms with E-state index in [9.17, 15) is 14.0 Å². The van der Waals surface area contributed by atoms with Gasteiger partial charge in [-0.1, -0.05) is 35.9 Å². The second-order valence-corrected chi connectivity index (χ2v) is 13.0. The Balaban J connectivity index is 1.17. The molecule has 2 unspecified atom stereocenters. The van der Waals surface area contributed by atoms with Crippen LogP contribution in [0.5, 0.6) is 5.75 Å². The van der Waals surface area contributed by atoms with Gasteiger partial charge in [-0.25, -0.2) is 9.07 Å². The second-order valence-electron chi connectivity index (χ2n) is 12.6. The number of carbonyl (C=O) groups excluding carboxylic acids is 2. The van der Waals surface area contributed by atoms with Crippen molar-refractivity contribution in [2.75, 3.05) is 64.6 Å². The molecule has 6 bridgehead atoms. The van der Waals surface area contributed by atoms with Gasteiger partial charge in [-0.05, 0) is 47.5 Å². The fourth-order valence-corrected chi connectivity index (χ4v) is 6.96. The monoisotopic (exact) mass is 684 g/mol. The number of ether oxygens (including phenoxy) is 1. The van der Waals surface area contributed by atoms with E-state index in [-0.39, 0.29) is 28.9 Å². The lowest BCUT2D eigenvalue weighted by Gasteiger charge is -2.34. The van der Waals surface area contributed by atoms with Crippen LogP contribution in [-0.2, 0) is 4.79 Å². The van der Waals surface area contributed by atoms with Gasteiger partial charge in [-0.15, -0.1) is 0 Å². The van der Waals surface area contributed by atoms with Crippen LogP contribution in [0.15, 0.2) is 78.0 Å². The summed E-state index contributed by atoms with van der Waals surface area (Å²) in [4.78, 5) is 38.7. The molecule has 8 rings (SSSR count). The number of hydrogen-bond acceptors (Lipinski definition) is 8. The van der Waals surface area contributed by atoms with Crippen molar-refractivity contribution in [3.8, 4) is 22.6 Å². The molecule has 3 N–H and O–H groups in total. The van der Waals surface area contributed by atoms with Gasteiger partial charge in [0.15, 0.2) is 0 Å². The molecule has 4 aromatic rings. The highest BCUT2D eigenvalue weighted by Gasteiger charge is 2.41. The number of nitrogen functional groups attached to an aromatic ring is 1. The molecule has 254 valence electrons. The minimum absolute atomic E-state index is 0.160. The number of benzene rings is 3. The van der Waals surface area contributed by atoms with Crippen molar-refractivity contribution in [2.24, 2.45) is 4.99 Å². The summed E-state index contributed by atoms with van der Waals surface area (Å²) in [5.41, 5.74) is 10.5. The Morgan fingerprint density at radius 3 is 2.61 bits per heavy atom. The molecule has 4 aliphatic heterocycles. The smallest absolute Gasteiger partial charge is 0.257 e. The molecular formula is C36H38ClFN8O3. The molecule has 4 aliphatic rings. The molecule has 2 fully saturated rings. The molecule has 2 amide bonds. The zero-order valence-corrected chi connectivity index (χ0v) is 27.7. The van der Waals surface area contributed by atoms with Gasteiger partial charge in [0.25, 0.3) is 5.91 Å². The number of hydrogen-bond donors (Lipinski definition) is 2. The summed E-state index contributed by atoms with van der Waals surface area (Å²) in [6.07, 6.45) is 4.70. The highest BCUT2D eigenvalue weighted by Crippen LogP contribution is 2.32. The number of likely N-dealkylation sites (tertiary alicyclic amines) is 1. The Kier molecular flexibility index (Phi) is 9.61. The third kappa shape index (κ3) is 7.31. The average Bonchev–Trinajstić information content (AvgIpc) is 3.75. The lowest BCUT2D eigenvalue weighted by atomic mass is 9.98. The van der Waals surface area contributed by atoms with E-state index in [4.69, 9.17) is 27.1 Å². The van der Waals surface area contributed by atoms with Crippen molar-refractivity contribution < 1.29 is 18.7 Å². The standard InChI is InChI=1S/C36H38ClFN8O3/c37-31-18-26(38)7-8-33(31)46-22-25(20-42-46)36(48)45-23-28-19-34(45)35(47)41-10-12-44-15-13-43(14-16-44)11-9-40-21-30-29(5-2-6-32(30)39)24-3-1-4-27(17-24)49-28/h1-8,17-18,20-22,28,34H,9-16,19,23,39H2,(H,41,47). The van der Waals surface area contributed by atoms with Gasteiger partial charge in [-0.3, -0.25) is 24.4 Å². The fraction of sp³-hybridized carbons (Fsp3) is 0.333. The van der Waals surface area contributed by atoms with Crippen molar-refractivity contribution in [1.29, 1.82) is 0 Å². The SMILES string of the molecule is Nc1cccc2c1C=NCCN1CCN(CCNC(=O)C3CC(CN3C(=O)c3cnn(-c4ccc(F)cc4Cl)c3)Oc3cccc-2c3)CC1. The van der Waals surface area contributed by atoms with E-state index >= 15 is 0 Å². The number of nitrogens with two attached hydrogens (primary N) is 1. The Hall–Kier alpha value is -4.78. The van der Waals surface area contributed by atoms with Gasteiger partial charge >= 0.3 is 0 Å². The number of aromatic nitrogens is 2. The van der Waals surface area contributed by atoms with E-state index in [1.807, 2.05) is 48.7 Å². The van der Waals surface area contributed by atoms with E-state index in [2.05, 4.69) is 20.2 Å². The normalized spacial score (nSPS) is 22.9. The molecule has 5 heterocycles. The summed E-state index contributed by atoms with van der Waals surface area (Å²) in [5.74, 6) is -0.451. The maximum Gasteiger partial charge on any atom is 0.257 e. The first kappa shape index (κ1) is 32.8. The van der Waals surface area contributed by atoms with Crippen molar-refractivity contribution in [2.45, 2.75) is 18.6 Å². The van der Waals surface area contributed by atoms with E-state index in [1.54, 1.807) is 4.90 Å². The number of carbonyl (C=O) groups is 2. The number of aliphatic imine (C=N–C) groups is 1. The molecule has 13 heteroatoms. The van der Waals surface area contributed by atoms with Gasteiger partial charge in [-0.2, -0.15) is 5.10 Å². The lowest BCUT2D eigenvalue weighted by Crippen LogP contribution is -2.50. The van der Waals surface area contributed by atoms with Crippen LogP contribution in [0.25, 0.3) is 16.8 Å². The summed E-state index contributed by atoms with van der Waals surface area (Å²) in [5, 5.41) is 7.54. The van der Waals surface area contributed by atoms with Crippen molar-refractivity contribution in [1.82, 2.24) is 29.8 Å². The van der Waals surface area contributed by atoms with Crippen molar-refractivity contribution in [3.05, 3.63) is 95.0 Å². The van der Waals surface area contributed by atoms with Gasteiger partial charge in [0.2, 0.25) is 5.91 Å². The zero-order valence-electron chi connectivity index (χ0n) is 27.0. The Morgan fingerprint density at radius 2 is 1.80 bits per heavy atom. The molecule has 2 atom stereocenters. The fourth-order valence-electron chi connectivity index (χ4n) is 6.71. The van der Waals surface area contributed by atoms with Crippen LogP contribution < -0.4 is 15.8 Å². The molecule has 11 nitrogen and oxygen atoms in total. The molecule has 0 spiro atoms. The summed E-state index contributed by atoms with van der Waals surface area (Å²) in [6.45, 7) is 6.56. The van der Waals surface area contributed by atoms with Gasteiger partial charge in [0.1, 0.15) is 23.7 Å². The Morgan fingerprint density at radius 1 is 1.00 bits per heavy atom. The molecule has 0 radical (unpaired) electrons. The summed E-state index contributed by atoms with van der Waals surface area (Å²) >= 11 is 6.25. The highest BCUT2D eigenvalue weighted by atomic mass is 35.5. The van der Waals surface area contributed by atoms with Crippen molar-refractivity contribution >= 4 is 35.3 Å². The summed E-state index contributed by atoms with van der Waals surface area (Å²) in [7, 11) is 0. The first-order valence-corrected chi connectivity index (χ1v) is 16.9. The quantitative estimate of drug-likeness (QED) is 0.309. The van der Waals surface area contributed by atoms with Crippen LogP contribution in [0.1, 0.15) is 22.3 Å². The number of anilines is 1. The third-order valence-corrected chi connectivity index (χ3v) is 9.66. The number of halogens is 2. The number of nitrogens with zero attached hydrogens (tertiary/aromatic N) is 6. The predicted molar refractivity (Wildman–Crippen MR) is 187 cm³/mol. The molecule has 49 heavy (non-hydrogen) atoms. The number of amides is 2. The minimum atomic E-state index is -0.749. The molecule has 0 aliphatic carbocycles. The topological polar surface area (TPSA) is 121 Å². The number of nitrogens with one attached hydrogen (secondary N) is 1. The minimum Gasteiger partial charge on any atom is -0.488 e. The van der Waals surface area contributed by atoms with Crippen LogP contribution in [-0.4, -0.2) is 114 Å². The number of rotatable bonds is 2. The van der Waals surface area contributed by atoms with E-state index in [0.29, 0.717) is 43.2 Å². The number of piperazine rings is 1. The second kappa shape index (κ2) is 14.4. The van der Waals surface area contributed by atoms with Gasteiger partial charge in [0.05, 0.1) is 35.6 Å². The maximum atomic E-state index is 14.0. The van der Waals surface area contributed by atoms with E-state index in [0.717, 1.165) is 49.4 Å². The van der Waals surface area contributed by atoms with Crippen LogP contribution in [0.2, 0.25) is 5.02 Å². The van der Waals surface area contributed by atoms with E-state index < -0.39 is 18.0 Å². The Bertz CT molecular complexity index is 1870. The van der Waals surface area contributed by atoms with Crippen LogP contribution in [0.4, 0.5) is 10.1 Å². The Labute approximate surface area is 289 Å².